The van der Waals surface area contributed by atoms with E-state index in [0.717, 1.165) is 0 Å². The lowest BCUT2D eigenvalue weighted by Gasteiger charge is -2.19. The summed E-state index contributed by atoms with van der Waals surface area (Å²) in [5.41, 5.74) is 3.12. The molecule has 9 heteroatoms. The van der Waals surface area contributed by atoms with Gasteiger partial charge in [0.15, 0.2) is 5.75 Å². The van der Waals surface area contributed by atoms with Crippen molar-refractivity contribution >= 4 is 23.2 Å². The fourth-order valence-corrected chi connectivity index (χ4v) is 4.34. The highest BCUT2D eigenvalue weighted by atomic mass is 16.5. The van der Waals surface area contributed by atoms with E-state index in [1.165, 1.54) is 4.68 Å². The fourth-order valence-electron chi connectivity index (χ4n) is 4.34. The zero-order valence-electron chi connectivity index (χ0n) is 20.9. The summed E-state index contributed by atoms with van der Waals surface area (Å²) in [5.74, 6) is 1.71. The maximum absolute atomic E-state index is 13.4. The number of amides is 2. The minimum atomic E-state index is -0.374. The van der Waals surface area contributed by atoms with Gasteiger partial charge in [-0.05, 0) is 61.5 Å². The van der Waals surface area contributed by atoms with E-state index in [-0.39, 0.29) is 11.8 Å². The van der Waals surface area contributed by atoms with Crippen LogP contribution in [0.5, 0.6) is 23.0 Å². The quantitative estimate of drug-likeness (QED) is 0.396. The van der Waals surface area contributed by atoms with E-state index in [0.29, 0.717) is 63.4 Å². The van der Waals surface area contributed by atoms with Crippen molar-refractivity contribution in [1.29, 1.82) is 0 Å². The molecule has 2 heterocycles. The van der Waals surface area contributed by atoms with Crippen LogP contribution in [0.15, 0.2) is 66.7 Å². The molecule has 0 aliphatic carbocycles. The Morgan fingerprint density at radius 2 is 1.78 bits per heavy atom. The smallest absolute Gasteiger partial charge is 0.273 e. The van der Waals surface area contributed by atoms with Gasteiger partial charge in [0.1, 0.15) is 22.9 Å². The fraction of sp³-hybridized carbons (Fsp3) is 0.179. The summed E-state index contributed by atoms with van der Waals surface area (Å²) < 4.78 is 18.3. The number of fused-ring (bicyclic) bond motifs is 2. The van der Waals surface area contributed by atoms with Crippen molar-refractivity contribution in [3.63, 3.8) is 0 Å². The van der Waals surface area contributed by atoms with Crippen LogP contribution < -0.4 is 24.4 Å². The third-order valence-electron chi connectivity index (χ3n) is 6.20. The second-order valence-electron chi connectivity index (χ2n) is 8.39. The van der Waals surface area contributed by atoms with Crippen molar-refractivity contribution in [2.24, 2.45) is 7.05 Å². The lowest BCUT2D eigenvalue weighted by atomic mass is 10.1. The van der Waals surface area contributed by atoms with Crippen molar-refractivity contribution in [1.82, 2.24) is 9.78 Å². The molecule has 1 aliphatic rings. The molecule has 1 aromatic heterocycles. The Hall–Kier alpha value is -4.79. The van der Waals surface area contributed by atoms with Crippen molar-refractivity contribution in [3.05, 3.63) is 78.0 Å². The third-order valence-corrected chi connectivity index (χ3v) is 6.20. The summed E-state index contributed by atoms with van der Waals surface area (Å²) in [7, 11) is 4.84. The van der Waals surface area contributed by atoms with Gasteiger partial charge in [-0.3, -0.25) is 14.3 Å². The first-order valence-corrected chi connectivity index (χ1v) is 11.7. The Kier molecular flexibility index (Phi) is 6.27. The van der Waals surface area contributed by atoms with E-state index in [1.807, 2.05) is 31.2 Å². The van der Waals surface area contributed by atoms with Gasteiger partial charge in [0.2, 0.25) is 0 Å². The van der Waals surface area contributed by atoms with Crippen LogP contribution in [0.4, 0.5) is 11.4 Å². The number of hydrogen-bond donors (Lipinski definition) is 1. The van der Waals surface area contributed by atoms with Crippen LogP contribution in [0.1, 0.15) is 27.8 Å². The van der Waals surface area contributed by atoms with Crippen molar-refractivity contribution in [2.45, 2.75) is 6.92 Å². The van der Waals surface area contributed by atoms with Gasteiger partial charge in [-0.25, -0.2) is 0 Å². The van der Waals surface area contributed by atoms with Gasteiger partial charge >= 0.3 is 0 Å². The van der Waals surface area contributed by atoms with Crippen LogP contribution >= 0.6 is 0 Å². The maximum Gasteiger partial charge on any atom is 0.273 e. The lowest BCUT2D eigenvalue weighted by molar-refractivity contribution is 0.0985. The van der Waals surface area contributed by atoms with Crippen LogP contribution in [-0.4, -0.2) is 42.4 Å². The molecule has 0 saturated carbocycles. The molecule has 1 aliphatic heterocycles. The number of carbonyl (C=O) groups excluding carboxylic acids is 2. The molecular weight excluding hydrogens is 472 g/mol. The zero-order chi connectivity index (χ0) is 26.1. The molecule has 0 fully saturated rings. The number of aromatic nitrogens is 2. The number of rotatable bonds is 6. The van der Waals surface area contributed by atoms with E-state index >= 15 is 0 Å². The summed E-state index contributed by atoms with van der Waals surface area (Å²) in [6, 6.07) is 19.5. The second kappa shape index (κ2) is 9.69. The lowest BCUT2D eigenvalue weighted by Crippen LogP contribution is -2.29. The molecule has 3 aromatic carbocycles. The summed E-state index contributed by atoms with van der Waals surface area (Å²) in [4.78, 5) is 28.2. The van der Waals surface area contributed by atoms with Crippen LogP contribution in [0, 0.1) is 0 Å². The summed E-state index contributed by atoms with van der Waals surface area (Å²) in [6.45, 7) is 2.38. The molecular formula is C28H26N4O5. The van der Waals surface area contributed by atoms with Gasteiger partial charge in [-0.15, -0.1) is 0 Å². The zero-order valence-corrected chi connectivity index (χ0v) is 20.9. The number of hydrogen-bond acceptors (Lipinski definition) is 6. The molecule has 9 nitrogen and oxygen atoms in total. The standard InChI is InChI=1S/C28H26N4O5/c1-5-32-22-8-6-7-9-26(22)37-25-12-10-17(14-20(25)28(32)34)29-27(33)23-16-21(30-31(23)2)19-15-18(35-3)11-13-24(19)36-4/h6-16H,5H2,1-4H3,(H,29,33). The molecule has 0 radical (unpaired) electrons. The maximum atomic E-state index is 13.4. The van der Waals surface area contributed by atoms with Gasteiger partial charge in [-0.1, -0.05) is 12.1 Å². The first-order valence-electron chi connectivity index (χ1n) is 11.7. The minimum absolute atomic E-state index is 0.202. The largest absolute Gasteiger partial charge is 0.497 e. The molecule has 0 saturated heterocycles. The number of carbonyl (C=O) groups is 2. The summed E-state index contributed by atoms with van der Waals surface area (Å²) in [6.07, 6.45) is 0. The van der Waals surface area contributed by atoms with Gasteiger partial charge in [0, 0.05) is 24.8 Å². The Morgan fingerprint density at radius 3 is 2.54 bits per heavy atom. The molecule has 2 amide bonds. The molecule has 1 N–H and O–H groups in total. The number of nitrogens with one attached hydrogen (secondary N) is 1. The van der Waals surface area contributed by atoms with Gasteiger partial charge in [0.05, 0.1) is 31.2 Å². The molecule has 4 aromatic rings. The van der Waals surface area contributed by atoms with Gasteiger partial charge in [-0.2, -0.15) is 5.10 Å². The van der Waals surface area contributed by atoms with Crippen molar-refractivity contribution in [3.8, 4) is 34.3 Å². The second-order valence-corrected chi connectivity index (χ2v) is 8.39. The SMILES string of the molecule is CCN1C(=O)c2cc(NC(=O)c3cc(-c4cc(OC)ccc4OC)nn3C)ccc2Oc2ccccc21. The van der Waals surface area contributed by atoms with Crippen LogP contribution in [0.2, 0.25) is 0 Å². The number of para-hydroxylation sites is 2. The summed E-state index contributed by atoms with van der Waals surface area (Å²) in [5, 5.41) is 7.38. The highest BCUT2D eigenvalue weighted by molar-refractivity contribution is 6.11. The van der Waals surface area contributed by atoms with E-state index in [4.69, 9.17) is 14.2 Å². The number of nitrogens with zero attached hydrogens (tertiary/aromatic N) is 3. The number of benzene rings is 3. The predicted octanol–water partition coefficient (Wildman–Crippen LogP) is 5.13. The Labute approximate surface area is 214 Å². The molecule has 0 unspecified atom stereocenters. The van der Waals surface area contributed by atoms with E-state index in [2.05, 4.69) is 10.4 Å². The Bertz CT molecular complexity index is 1510. The van der Waals surface area contributed by atoms with Crippen molar-refractivity contribution in [2.75, 3.05) is 31.0 Å². The summed E-state index contributed by atoms with van der Waals surface area (Å²) >= 11 is 0. The topological polar surface area (TPSA) is 94.9 Å². The van der Waals surface area contributed by atoms with Crippen LogP contribution in [-0.2, 0) is 7.05 Å². The van der Waals surface area contributed by atoms with E-state index in [1.54, 1.807) is 68.6 Å². The number of anilines is 2. The normalized spacial score (nSPS) is 12.2. The monoisotopic (exact) mass is 498 g/mol. The molecule has 188 valence electrons. The van der Waals surface area contributed by atoms with Crippen molar-refractivity contribution < 1.29 is 23.8 Å². The number of methoxy groups -OCH3 is 2. The number of ether oxygens (including phenoxy) is 3. The van der Waals surface area contributed by atoms with Gasteiger partial charge in [0.25, 0.3) is 11.8 Å². The molecule has 37 heavy (non-hydrogen) atoms. The van der Waals surface area contributed by atoms with Crippen LogP contribution in [0.25, 0.3) is 11.3 Å². The average molecular weight is 499 g/mol. The first-order chi connectivity index (χ1) is 17.9. The predicted molar refractivity (Wildman–Crippen MR) is 140 cm³/mol. The third kappa shape index (κ3) is 4.35. The molecule has 0 bridgehead atoms. The minimum Gasteiger partial charge on any atom is -0.497 e. The number of aryl methyl sites for hydroxylation is 1. The molecule has 0 atom stereocenters. The Balaban J connectivity index is 1.44. The van der Waals surface area contributed by atoms with E-state index in [9.17, 15) is 9.59 Å². The average Bonchev–Trinajstić information content (AvgIpc) is 3.26. The highest BCUT2D eigenvalue weighted by Gasteiger charge is 2.28. The molecule has 0 spiro atoms. The van der Waals surface area contributed by atoms with Gasteiger partial charge < -0.3 is 24.4 Å². The first kappa shape index (κ1) is 23.9. The highest BCUT2D eigenvalue weighted by Crippen LogP contribution is 2.39. The van der Waals surface area contributed by atoms with E-state index < -0.39 is 0 Å². The van der Waals surface area contributed by atoms with Crippen LogP contribution in [0.3, 0.4) is 0 Å². The molecule has 5 rings (SSSR count). The Morgan fingerprint density at radius 1 is 0.973 bits per heavy atom.